The zero-order valence-corrected chi connectivity index (χ0v) is 22.1. The van der Waals surface area contributed by atoms with Gasteiger partial charge >= 0.3 is 5.97 Å². The van der Waals surface area contributed by atoms with Crippen molar-refractivity contribution in [3.8, 4) is 5.88 Å². The van der Waals surface area contributed by atoms with E-state index in [9.17, 15) is 14.0 Å². The second kappa shape index (κ2) is 9.71. The molecule has 1 saturated carbocycles. The topological polar surface area (TPSA) is 133 Å². The molecule has 204 valence electrons. The second-order valence-corrected chi connectivity index (χ2v) is 10.6. The lowest BCUT2D eigenvalue weighted by molar-refractivity contribution is -0.141. The Bertz CT molecular complexity index is 1460. The monoisotopic (exact) mass is 534 g/mol. The lowest BCUT2D eigenvalue weighted by Crippen LogP contribution is -2.56. The summed E-state index contributed by atoms with van der Waals surface area (Å²) in [7, 11) is 0. The number of anilines is 2. The molecule has 10 nitrogen and oxygen atoms in total. The van der Waals surface area contributed by atoms with Crippen molar-refractivity contribution in [2.75, 3.05) is 18.4 Å². The van der Waals surface area contributed by atoms with Crippen LogP contribution in [0.3, 0.4) is 0 Å². The maximum atomic E-state index is 13.3. The average molecular weight is 535 g/mol. The molecule has 2 aliphatic heterocycles. The summed E-state index contributed by atoms with van der Waals surface area (Å²) in [5.41, 5.74) is 8.44. The summed E-state index contributed by atoms with van der Waals surface area (Å²) in [6, 6.07) is 5.10. The number of halogens is 1. The van der Waals surface area contributed by atoms with Gasteiger partial charge in [-0.05, 0) is 48.9 Å². The molecule has 5 heterocycles. The molecule has 0 bridgehead atoms. The van der Waals surface area contributed by atoms with Gasteiger partial charge in [0.15, 0.2) is 0 Å². The molecule has 3 aliphatic rings. The van der Waals surface area contributed by atoms with E-state index in [4.69, 9.17) is 20.2 Å². The number of nitrogens with zero attached hydrogens (tertiary/aromatic N) is 4. The number of rotatable bonds is 7. The fourth-order valence-electron chi connectivity index (χ4n) is 5.07. The Morgan fingerprint density at radius 3 is 2.72 bits per heavy atom. The highest BCUT2D eigenvalue weighted by Crippen LogP contribution is 2.38. The fraction of sp³-hybridized carbons (Fsp3) is 0.464. The molecule has 1 saturated heterocycles. The molecule has 2 fully saturated rings. The Morgan fingerprint density at radius 2 is 2.00 bits per heavy atom. The number of nitrogens with one attached hydrogen (secondary N) is 1. The normalized spacial score (nSPS) is 24.9. The van der Waals surface area contributed by atoms with Gasteiger partial charge in [0.1, 0.15) is 30.0 Å². The SMILES string of the molecule is CC[C@@H](N)c1cnc(OC2CN(C(=O)[C@@H]3CC3F)C2)c2cnc(Nc3ccc4c(n3)[C@@H](C)[C@H](C)OC4=O)cc12. The van der Waals surface area contributed by atoms with Crippen molar-refractivity contribution in [3.63, 3.8) is 0 Å². The second-order valence-electron chi connectivity index (χ2n) is 10.6. The first-order chi connectivity index (χ1) is 18.7. The van der Waals surface area contributed by atoms with Crippen LogP contribution in [-0.4, -0.2) is 63.2 Å². The standard InChI is InChI=1S/C28H31FN6O4/c1-4-22(30)19-9-32-26(39-15-11-35(12-15)27(36)18-7-21(18)29)20-10-31-24(8-17(19)20)33-23-6-5-16-25(34-23)13(2)14(3)38-28(16)37/h5-6,8-10,13-15,18,21-22H,4,7,11-12,30H2,1-3H3,(H,31,33,34)/t13-,14-,18+,21?,22+/m0/s1. The van der Waals surface area contributed by atoms with Crippen LogP contribution < -0.4 is 15.8 Å². The Hall–Kier alpha value is -3.86. The van der Waals surface area contributed by atoms with Gasteiger partial charge in [0.25, 0.3) is 0 Å². The summed E-state index contributed by atoms with van der Waals surface area (Å²) in [5.74, 6) is 0.501. The van der Waals surface area contributed by atoms with E-state index in [0.29, 0.717) is 53.7 Å². The van der Waals surface area contributed by atoms with Crippen LogP contribution in [0.15, 0.2) is 30.6 Å². The van der Waals surface area contributed by atoms with E-state index in [2.05, 4.69) is 15.3 Å². The number of carbonyl (C=O) groups excluding carboxylic acids is 2. The molecule has 1 aliphatic carbocycles. The predicted octanol–water partition coefficient (Wildman–Crippen LogP) is 3.79. The number of ether oxygens (including phenoxy) is 2. The van der Waals surface area contributed by atoms with Gasteiger partial charge in [0, 0.05) is 24.4 Å². The quantitative estimate of drug-likeness (QED) is 0.435. The van der Waals surface area contributed by atoms with Crippen molar-refractivity contribution in [2.45, 2.75) is 64.0 Å². The van der Waals surface area contributed by atoms with Crippen LogP contribution in [0.1, 0.15) is 67.2 Å². The zero-order chi connectivity index (χ0) is 27.4. The van der Waals surface area contributed by atoms with Gasteiger partial charge in [-0.2, -0.15) is 0 Å². The molecule has 0 spiro atoms. The van der Waals surface area contributed by atoms with Crippen molar-refractivity contribution in [2.24, 2.45) is 11.7 Å². The Kier molecular flexibility index (Phi) is 6.33. The molecule has 0 aromatic carbocycles. The van der Waals surface area contributed by atoms with E-state index in [0.717, 1.165) is 17.4 Å². The molecule has 11 heteroatoms. The molecule has 39 heavy (non-hydrogen) atoms. The van der Waals surface area contributed by atoms with Crippen LogP contribution in [0, 0.1) is 5.92 Å². The first kappa shape index (κ1) is 25.4. The number of fused-ring (bicyclic) bond motifs is 2. The Labute approximate surface area is 225 Å². The van der Waals surface area contributed by atoms with Crippen LogP contribution in [0.4, 0.5) is 16.0 Å². The van der Waals surface area contributed by atoms with Crippen molar-refractivity contribution in [1.29, 1.82) is 0 Å². The van der Waals surface area contributed by atoms with Gasteiger partial charge in [-0.1, -0.05) is 13.8 Å². The third-order valence-corrected chi connectivity index (χ3v) is 7.90. The van der Waals surface area contributed by atoms with E-state index in [1.54, 1.807) is 29.4 Å². The van der Waals surface area contributed by atoms with E-state index in [1.165, 1.54) is 0 Å². The van der Waals surface area contributed by atoms with Crippen LogP contribution >= 0.6 is 0 Å². The van der Waals surface area contributed by atoms with E-state index >= 15 is 0 Å². The molecular formula is C28H31FN6O4. The third kappa shape index (κ3) is 4.64. The Morgan fingerprint density at radius 1 is 1.23 bits per heavy atom. The van der Waals surface area contributed by atoms with Gasteiger partial charge in [-0.25, -0.2) is 24.1 Å². The average Bonchev–Trinajstić information content (AvgIpc) is 3.64. The zero-order valence-electron chi connectivity index (χ0n) is 22.1. The molecule has 3 aromatic heterocycles. The van der Waals surface area contributed by atoms with E-state index in [1.807, 2.05) is 26.8 Å². The van der Waals surface area contributed by atoms with Crippen LogP contribution in [-0.2, 0) is 9.53 Å². The van der Waals surface area contributed by atoms with Gasteiger partial charge in [-0.3, -0.25) is 4.79 Å². The number of amides is 1. The largest absolute Gasteiger partial charge is 0.470 e. The maximum absolute atomic E-state index is 13.3. The highest BCUT2D eigenvalue weighted by atomic mass is 19.1. The minimum absolute atomic E-state index is 0.0376. The van der Waals surface area contributed by atoms with Crippen molar-refractivity contribution < 1.29 is 23.5 Å². The number of hydrogen-bond donors (Lipinski definition) is 2. The first-order valence-corrected chi connectivity index (χ1v) is 13.4. The summed E-state index contributed by atoms with van der Waals surface area (Å²) in [5, 5.41) is 4.81. The first-order valence-electron chi connectivity index (χ1n) is 13.4. The predicted molar refractivity (Wildman–Crippen MR) is 142 cm³/mol. The number of hydrogen-bond acceptors (Lipinski definition) is 9. The highest BCUT2D eigenvalue weighted by molar-refractivity contribution is 5.93. The van der Waals surface area contributed by atoms with Crippen molar-refractivity contribution >= 4 is 34.3 Å². The van der Waals surface area contributed by atoms with Crippen molar-refractivity contribution in [3.05, 3.63) is 47.4 Å². The number of carbonyl (C=O) groups is 2. The fourth-order valence-corrected chi connectivity index (χ4v) is 5.07. The minimum atomic E-state index is -1.01. The van der Waals surface area contributed by atoms with Crippen LogP contribution in [0.2, 0.25) is 0 Å². The summed E-state index contributed by atoms with van der Waals surface area (Å²) in [4.78, 5) is 39.9. The molecular weight excluding hydrogens is 503 g/mol. The molecule has 3 aromatic rings. The minimum Gasteiger partial charge on any atom is -0.470 e. The molecule has 3 N–H and O–H groups in total. The number of esters is 1. The number of cyclic esters (lactones) is 1. The van der Waals surface area contributed by atoms with E-state index in [-0.39, 0.29) is 36.0 Å². The lowest BCUT2D eigenvalue weighted by atomic mass is 9.94. The third-order valence-electron chi connectivity index (χ3n) is 7.90. The van der Waals surface area contributed by atoms with Gasteiger partial charge in [0.2, 0.25) is 11.8 Å². The summed E-state index contributed by atoms with van der Waals surface area (Å²) in [6.07, 6.45) is 2.96. The lowest BCUT2D eigenvalue weighted by Gasteiger charge is -2.39. The number of likely N-dealkylation sites (tertiary alicyclic amines) is 1. The molecule has 1 unspecified atom stereocenters. The summed E-state index contributed by atoms with van der Waals surface area (Å²) >= 11 is 0. The molecule has 6 rings (SSSR count). The number of alkyl halides is 1. The van der Waals surface area contributed by atoms with Gasteiger partial charge in [0.05, 0.1) is 35.7 Å². The van der Waals surface area contributed by atoms with Gasteiger partial charge in [-0.15, -0.1) is 0 Å². The highest BCUT2D eigenvalue weighted by Gasteiger charge is 2.48. The number of aromatic nitrogens is 3. The van der Waals surface area contributed by atoms with Crippen LogP contribution in [0.5, 0.6) is 5.88 Å². The maximum Gasteiger partial charge on any atom is 0.340 e. The van der Waals surface area contributed by atoms with Crippen LogP contribution in [0.25, 0.3) is 10.8 Å². The van der Waals surface area contributed by atoms with Crippen molar-refractivity contribution in [1.82, 2.24) is 19.9 Å². The summed E-state index contributed by atoms with van der Waals surface area (Å²) < 4.78 is 24.8. The molecule has 0 radical (unpaired) electrons. The summed E-state index contributed by atoms with van der Waals surface area (Å²) in [6.45, 7) is 6.66. The number of pyridine rings is 3. The smallest absolute Gasteiger partial charge is 0.340 e. The number of nitrogens with two attached hydrogens (primary N) is 1. The molecule has 1 amide bonds. The molecule has 5 atom stereocenters. The van der Waals surface area contributed by atoms with Gasteiger partial charge < -0.3 is 25.4 Å². The Balaban J connectivity index is 1.25. The van der Waals surface area contributed by atoms with E-state index < -0.39 is 12.1 Å².